The average molecular weight is 441 g/mol. The molecule has 0 saturated carbocycles. The van der Waals surface area contributed by atoms with E-state index >= 15 is 0 Å². The molecule has 4 heterocycles. The summed E-state index contributed by atoms with van der Waals surface area (Å²) in [5, 5.41) is 7.29. The fourth-order valence-corrected chi connectivity index (χ4v) is 6.62. The Kier molecular flexibility index (Phi) is 3.28. The summed E-state index contributed by atoms with van der Waals surface area (Å²) < 4.78 is 11.5. The molecule has 3 nitrogen and oxygen atoms in total. The van der Waals surface area contributed by atoms with E-state index in [0.29, 0.717) is 0 Å². The number of hydrogen-bond donors (Lipinski definition) is 0. The maximum Gasteiger partial charge on any atom is 0.145 e. The summed E-state index contributed by atoms with van der Waals surface area (Å²) in [5.41, 5.74) is 5.45. The van der Waals surface area contributed by atoms with Gasteiger partial charge in [0.05, 0.1) is 15.7 Å². The van der Waals surface area contributed by atoms with Crippen molar-refractivity contribution in [2.24, 2.45) is 0 Å². The third-order valence-corrected chi connectivity index (χ3v) is 7.86. The van der Waals surface area contributed by atoms with E-state index in [2.05, 4.69) is 88.4 Å². The predicted molar refractivity (Wildman–Crippen MR) is 139 cm³/mol. The molecule has 8 rings (SSSR count). The van der Waals surface area contributed by atoms with E-state index in [0.717, 1.165) is 22.2 Å². The summed E-state index contributed by atoms with van der Waals surface area (Å²) in [6.45, 7) is 0. The summed E-state index contributed by atoms with van der Waals surface area (Å²) >= 11 is 1.84. The monoisotopic (exact) mass is 440 g/mol. The lowest BCUT2D eigenvalue weighted by Crippen LogP contribution is -1.93. The number of thiophene rings is 1. The van der Waals surface area contributed by atoms with Crippen molar-refractivity contribution < 1.29 is 4.42 Å². The van der Waals surface area contributed by atoms with Gasteiger partial charge in [-0.15, -0.1) is 11.3 Å². The summed E-state index contributed by atoms with van der Waals surface area (Å²) in [6, 6.07) is 29.9. The molecular weight excluding hydrogens is 424 g/mol. The van der Waals surface area contributed by atoms with E-state index in [-0.39, 0.29) is 0 Å². The third-order valence-electron chi connectivity index (χ3n) is 6.68. The number of furan rings is 1. The smallest absolute Gasteiger partial charge is 0.145 e. The van der Waals surface area contributed by atoms with E-state index in [1.165, 1.54) is 47.4 Å². The molecule has 0 amide bonds. The normalized spacial score (nSPS) is 12.2. The molecule has 8 aromatic rings. The standard InChI is InChI=1S/C29H16N2OS/c1-4-10-21-18(7-1)24-25-19-8-2-5-11-22(19)32-28(25)26-20-9-3-6-12-23(20)33-29(26)27(24)31(21)17-13-15-30-16-14-17/h1-16H. The van der Waals surface area contributed by atoms with Gasteiger partial charge in [0.2, 0.25) is 0 Å². The number of pyridine rings is 1. The van der Waals surface area contributed by atoms with Gasteiger partial charge in [-0.05, 0) is 30.3 Å². The van der Waals surface area contributed by atoms with Crippen LogP contribution in [0.5, 0.6) is 0 Å². The molecule has 0 aliphatic rings. The second kappa shape index (κ2) is 6.21. The zero-order valence-electron chi connectivity index (χ0n) is 17.4. The summed E-state index contributed by atoms with van der Waals surface area (Å²) in [5.74, 6) is 0. The Hall–Kier alpha value is -4.15. The number of rotatable bonds is 1. The first kappa shape index (κ1) is 17.4. The Balaban J connectivity index is 1.80. The van der Waals surface area contributed by atoms with Crippen LogP contribution in [0.2, 0.25) is 0 Å². The van der Waals surface area contributed by atoms with Gasteiger partial charge in [-0.1, -0.05) is 54.6 Å². The van der Waals surface area contributed by atoms with Crippen molar-refractivity contribution >= 4 is 75.3 Å². The van der Waals surface area contributed by atoms with Crippen molar-refractivity contribution in [3.05, 3.63) is 97.3 Å². The highest BCUT2D eigenvalue weighted by Gasteiger charge is 2.24. The van der Waals surface area contributed by atoms with Crippen LogP contribution in [-0.4, -0.2) is 9.55 Å². The molecule has 33 heavy (non-hydrogen) atoms. The Morgan fingerprint density at radius 3 is 2.27 bits per heavy atom. The summed E-state index contributed by atoms with van der Waals surface area (Å²) in [6.07, 6.45) is 3.73. The fourth-order valence-electron chi connectivity index (χ4n) is 5.38. The van der Waals surface area contributed by atoms with Crippen molar-refractivity contribution in [3.63, 3.8) is 0 Å². The first-order chi connectivity index (χ1) is 16.4. The lowest BCUT2D eigenvalue weighted by molar-refractivity contribution is 0.673. The summed E-state index contributed by atoms with van der Waals surface area (Å²) in [4.78, 5) is 4.27. The van der Waals surface area contributed by atoms with Crippen LogP contribution >= 0.6 is 11.3 Å². The molecule has 4 aromatic carbocycles. The van der Waals surface area contributed by atoms with Crippen LogP contribution in [-0.2, 0) is 0 Å². The Morgan fingerprint density at radius 1 is 0.667 bits per heavy atom. The topological polar surface area (TPSA) is 31.0 Å². The fraction of sp³-hybridized carbons (Fsp3) is 0. The third kappa shape index (κ3) is 2.16. The zero-order chi connectivity index (χ0) is 21.5. The Labute approximate surface area is 192 Å². The maximum atomic E-state index is 6.59. The van der Waals surface area contributed by atoms with Gasteiger partial charge in [-0.2, -0.15) is 0 Å². The molecule has 4 aromatic heterocycles. The molecule has 0 aliphatic carbocycles. The van der Waals surface area contributed by atoms with Crippen molar-refractivity contribution in [3.8, 4) is 5.69 Å². The second-order valence-electron chi connectivity index (χ2n) is 8.39. The van der Waals surface area contributed by atoms with Gasteiger partial charge >= 0.3 is 0 Å². The lowest BCUT2D eigenvalue weighted by atomic mass is 10.0. The molecule has 0 radical (unpaired) electrons. The number of benzene rings is 4. The number of para-hydroxylation sites is 2. The van der Waals surface area contributed by atoms with Crippen molar-refractivity contribution in [2.75, 3.05) is 0 Å². The zero-order valence-corrected chi connectivity index (χ0v) is 18.3. The van der Waals surface area contributed by atoms with Crippen LogP contribution in [0.25, 0.3) is 69.6 Å². The first-order valence-electron chi connectivity index (χ1n) is 11.0. The highest BCUT2D eigenvalue weighted by Crippen LogP contribution is 2.50. The van der Waals surface area contributed by atoms with Gasteiger partial charge in [-0.3, -0.25) is 4.98 Å². The van der Waals surface area contributed by atoms with Crippen LogP contribution in [0.3, 0.4) is 0 Å². The molecule has 0 saturated heterocycles. The van der Waals surface area contributed by atoms with Crippen LogP contribution in [0.15, 0.2) is 102 Å². The maximum absolute atomic E-state index is 6.59. The Bertz CT molecular complexity index is 2030. The second-order valence-corrected chi connectivity index (χ2v) is 9.44. The van der Waals surface area contributed by atoms with Crippen LogP contribution in [0, 0.1) is 0 Å². The van der Waals surface area contributed by atoms with Crippen molar-refractivity contribution in [2.45, 2.75) is 0 Å². The van der Waals surface area contributed by atoms with Gasteiger partial charge < -0.3 is 8.98 Å². The SMILES string of the molecule is c1ccc2c(c1)oc1c3c4ccccc4sc3c3c(c4ccccc4n3-c3ccncc3)c21. The van der Waals surface area contributed by atoms with Crippen LogP contribution in [0.4, 0.5) is 0 Å². The van der Waals surface area contributed by atoms with Crippen LogP contribution in [0.1, 0.15) is 0 Å². The van der Waals surface area contributed by atoms with Gasteiger partial charge in [0.15, 0.2) is 0 Å². The minimum atomic E-state index is 0.928. The minimum Gasteiger partial charge on any atom is -0.455 e. The molecule has 0 unspecified atom stereocenters. The van der Waals surface area contributed by atoms with Crippen molar-refractivity contribution in [1.82, 2.24) is 9.55 Å². The largest absolute Gasteiger partial charge is 0.455 e. The minimum absolute atomic E-state index is 0.928. The van der Waals surface area contributed by atoms with E-state index in [1.54, 1.807) is 0 Å². The summed E-state index contributed by atoms with van der Waals surface area (Å²) in [7, 11) is 0. The highest BCUT2D eigenvalue weighted by molar-refractivity contribution is 7.27. The molecule has 0 N–H and O–H groups in total. The van der Waals surface area contributed by atoms with Crippen molar-refractivity contribution in [1.29, 1.82) is 0 Å². The van der Waals surface area contributed by atoms with E-state index in [1.807, 2.05) is 29.8 Å². The number of hydrogen-bond acceptors (Lipinski definition) is 3. The molecule has 0 bridgehead atoms. The lowest BCUT2D eigenvalue weighted by Gasteiger charge is -2.08. The molecule has 0 atom stereocenters. The van der Waals surface area contributed by atoms with E-state index in [9.17, 15) is 0 Å². The quantitative estimate of drug-likeness (QED) is 0.256. The number of nitrogens with zero attached hydrogens (tertiary/aromatic N) is 2. The van der Waals surface area contributed by atoms with Gasteiger partial charge in [0.25, 0.3) is 0 Å². The van der Waals surface area contributed by atoms with Gasteiger partial charge in [-0.25, -0.2) is 0 Å². The van der Waals surface area contributed by atoms with Gasteiger partial charge in [0, 0.05) is 55.1 Å². The molecule has 4 heteroatoms. The highest BCUT2D eigenvalue weighted by atomic mass is 32.1. The van der Waals surface area contributed by atoms with E-state index in [4.69, 9.17) is 4.42 Å². The van der Waals surface area contributed by atoms with Gasteiger partial charge in [0.1, 0.15) is 11.2 Å². The Morgan fingerprint density at radius 2 is 1.39 bits per heavy atom. The van der Waals surface area contributed by atoms with Crippen LogP contribution < -0.4 is 0 Å². The number of fused-ring (bicyclic) bond motifs is 12. The molecule has 0 aliphatic heterocycles. The van der Waals surface area contributed by atoms with E-state index < -0.39 is 0 Å². The molecule has 0 spiro atoms. The molecular formula is C29H16N2OS. The number of aromatic nitrogens is 2. The predicted octanol–water partition coefficient (Wildman–Crippen LogP) is 8.45. The molecule has 0 fully saturated rings. The molecule has 154 valence electrons. The average Bonchev–Trinajstić information content (AvgIpc) is 3.54. The first-order valence-corrected chi connectivity index (χ1v) is 11.8.